The molecule has 0 saturated heterocycles. The first-order chi connectivity index (χ1) is 6.97. The molecule has 15 heavy (non-hydrogen) atoms. The number of hydrogen-bond acceptors (Lipinski definition) is 4. The summed E-state index contributed by atoms with van der Waals surface area (Å²) in [7, 11) is -3.58. The fraction of sp³-hybridized carbons (Fsp3) is 0.444. The predicted molar refractivity (Wildman–Crippen MR) is 58.7 cm³/mol. The molecule has 0 aliphatic carbocycles. The zero-order chi connectivity index (χ0) is 11.5. The van der Waals surface area contributed by atoms with Crippen molar-refractivity contribution in [3.8, 4) is 0 Å². The summed E-state index contributed by atoms with van der Waals surface area (Å²) in [5, 5.41) is 9.24. The first kappa shape index (κ1) is 12.2. The molecule has 1 N–H and O–H groups in total. The Labute approximate surface area is 92.5 Å². The van der Waals surface area contributed by atoms with Gasteiger partial charge in [0.15, 0.2) is 15.1 Å². The van der Waals surface area contributed by atoms with Gasteiger partial charge in [0, 0.05) is 4.88 Å². The molecule has 1 aromatic heterocycles. The first-order valence-electron chi connectivity index (χ1n) is 4.44. The topological polar surface area (TPSA) is 71.4 Å². The third kappa shape index (κ3) is 3.04. The number of carbonyl (C=O) groups is 1. The predicted octanol–water partition coefficient (Wildman–Crippen LogP) is 1.53. The summed E-state index contributed by atoms with van der Waals surface area (Å²) in [6.07, 6.45) is 0.100. The van der Waals surface area contributed by atoms with E-state index in [2.05, 4.69) is 0 Å². The zero-order valence-corrected chi connectivity index (χ0v) is 9.85. The molecule has 6 heteroatoms. The summed E-state index contributed by atoms with van der Waals surface area (Å²) in [6.45, 7) is 1.56. The summed E-state index contributed by atoms with van der Waals surface area (Å²) in [6, 6.07) is 3.44. The third-order valence-electron chi connectivity index (χ3n) is 2.00. The first-order valence-corrected chi connectivity index (χ1v) is 7.03. The minimum absolute atomic E-state index is 0.100. The van der Waals surface area contributed by atoms with Crippen LogP contribution < -0.4 is 0 Å². The van der Waals surface area contributed by atoms with Crippen LogP contribution in [0.5, 0.6) is 0 Å². The quantitative estimate of drug-likeness (QED) is 0.857. The van der Waals surface area contributed by atoms with Crippen molar-refractivity contribution in [3.05, 3.63) is 22.4 Å². The second kappa shape index (κ2) is 4.76. The molecule has 0 aliphatic rings. The molecule has 0 fully saturated rings. The molecular weight excluding hydrogens is 236 g/mol. The van der Waals surface area contributed by atoms with E-state index in [9.17, 15) is 13.2 Å². The van der Waals surface area contributed by atoms with E-state index in [1.165, 1.54) is 11.3 Å². The number of hydrogen-bond donors (Lipinski definition) is 1. The molecule has 0 aromatic carbocycles. The van der Waals surface area contributed by atoms with Gasteiger partial charge in [0.25, 0.3) is 0 Å². The number of aliphatic carboxylic acids is 1. The van der Waals surface area contributed by atoms with Crippen molar-refractivity contribution in [2.45, 2.75) is 24.3 Å². The Hall–Kier alpha value is -0.880. The van der Waals surface area contributed by atoms with Crippen molar-refractivity contribution < 1.29 is 18.3 Å². The molecule has 0 bridgehead atoms. The van der Waals surface area contributed by atoms with Gasteiger partial charge in [0.2, 0.25) is 0 Å². The Balaban J connectivity index is 2.87. The number of sulfone groups is 1. The fourth-order valence-corrected chi connectivity index (χ4v) is 4.04. The van der Waals surface area contributed by atoms with Crippen molar-refractivity contribution >= 4 is 27.1 Å². The van der Waals surface area contributed by atoms with E-state index in [0.717, 1.165) is 0 Å². The summed E-state index contributed by atoms with van der Waals surface area (Å²) in [4.78, 5) is 11.4. The highest BCUT2D eigenvalue weighted by molar-refractivity contribution is 7.92. The molecule has 1 heterocycles. The maximum absolute atomic E-state index is 11.7. The molecule has 0 saturated carbocycles. The Morgan fingerprint density at radius 1 is 1.60 bits per heavy atom. The van der Waals surface area contributed by atoms with Gasteiger partial charge >= 0.3 is 5.97 Å². The summed E-state index contributed by atoms with van der Waals surface area (Å²) >= 11 is 1.32. The monoisotopic (exact) mass is 248 g/mol. The lowest BCUT2D eigenvalue weighted by Crippen LogP contribution is -2.30. The lowest BCUT2D eigenvalue weighted by atomic mass is 10.3. The largest absolute Gasteiger partial charge is 0.480 e. The van der Waals surface area contributed by atoms with Crippen LogP contribution in [0.15, 0.2) is 17.5 Å². The highest BCUT2D eigenvalue weighted by atomic mass is 32.2. The maximum Gasteiger partial charge on any atom is 0.321 e. The van der Waals surface area contributed by atoms with Crippen molar-refractivity contribution in [1.82, 2.24) is 0 Å². The van der Waals surface area contributed by atoms with E-state index < -0.39 is 21.1 Å². The zero-order valence-electron chi connectivity index (χ0n) is 8.21. The lowest BCUT2D eigenvalue weighted by molar-refractivity contribution is -0.136. The number of thiophene rings is 1. The second-order valence-electron chi connectivity index (χ2n) is 3.12. The highest BCUT2D eigenvalue weighted by Crippen LogP contribution is 2.17. The van der Waals surface area contributed by atoms with Crippen LogP contribution >= 0.6 is 11.3 Å². The van der Waals surface area contributed by atoms with E-state index in [1.54, 1.807) is 24.4 Å². The molecule has 0 spiro atoms. The lowest BCUT2D eigenvalue weighted by Gasteiger charge is -2.09. The van der Waals surface area contributed by atoms with Crippen LogP contribution in [0.2, 0.25) is 0 Å². The van der Waals surface area contributed by atoms with Gasteiger partial charge in [-0.25, -0.2) is 8.42 Å². The summed E-state index contributed by atoms with van der Waals surface area (Å²) < 4.78 is 23.4. The Kier molecular flexibility index (Phi) is 3.87. The molecule has 4 nitrogen and oxygen atoms in total. The maximum atomic E-state index is 11.7. The average Bonchev–Trinajstić information content (AvgIpc) is 2.55. The van der Waals surface area contributed by atoms with E-state index in [1.807, 2.05) is 0 Å². The average molecular weight is 248 g/mol. The van der Waals surface area contributed by atoms with Gasteiger partial charge in [-0.3, -0.25) is 4.79 Å². The SMILES string of the molecule is CCC(C(=O)O)S(=O)(=O)Cc1cccs1. The molecule has 0 radical (unpaired) electrons. The standard InChI is InChI=1S/C9H12O4S2/c1-2-8(9(10)11)15(12,13)6-7-4-3-5-14-7/h3-5,8H,2,6H2,1H3,(H,10,11). The third-order valence-corrected chi connectivity index (χ3v) is 5.18. The van der Waals surface area contributed by atoms with Crippen LogP contribution in [0.3, 0.4) is 0 Å². The van der Waals surface area contributed by atoms with Crippen LogP contribution in [0, 0.1) is 0 Å². The molecule has 1 unspecified atom stereocenters. The minimum Gasteiger partial charge on any atom is -0.480 e. The van der Waals surface area contributed by atoms with E-state index in [-0.39, 0.29) is 12.2 Å². The molecule has 0 aliphatic heterocycles. The van der Waals surface area contributed by atoms with Crippen molar-refractivity contribution in [2.24, 2.45) is 0 Å². The molecule has 1 rings (SSSR count). The number of carboxylic acids is 1. The number of rotatable bonds is 5. The van der Waals surface area contributed by atoms with Crippen LogP contribution in [0.25, 0.3) is 0 Å². The Morgan fingerprint density at radius 2 is 2.27 bits per heavy atom. The van der Waals surface area contributed by atoms with E-state index in [0.29, 0.717) is 4.88 Å². The highest BCUT2D eigenvalue weighted by Gasteiger charge is 2.30. The van der Waals surface area contributed by atoms with Gasteiger partial charge in [-0.15, -0.1) is 11.3 Å². The molecule has 0 amide bonds. The second-order valence-corrected chi connectivity index (χ2v) is 6.34. The Bertz CT molecular complexity index is 419. The normalized spacial score (nSPS) is 13.7. The van der Waals surface area contributed by atoms with Crippen LogP contribution in [-0.2, 0) is 20.4 Å². The van der Waals surface area contributed by atoms with Crippen LogP contribution in [0.1, 0.15) is 18.2 Å². The van der Waals surface area contributed by atoms with E-state index >= 15 is 0 Å². The minimum atomic E-state index is -3.58. The fourth-order valence-electron chi connectivity index (χ4n) is 1.28. The summed E-state index contributed by atoms with van der Waals surface area (Å²) in [5.74, 6) is -1.45. The Morgan fingerprint density at radius 3 is 2.67 bits per heavy atom. The molecule has 1 atom stereocenters. The van der Waals surface area contributed by atoms with Gasteiger partial charge in [-0.2, -0.15) is 0 Å². The van der Waals surface area contributed by atoms with Gasteiger partial charge in [-0.05, 0) is 17.9 Å². The van der Waals surface area contributed by atoms with Crippen LogP contribution in [-0.4, -0.2) is 24.7 Å². The van der Waals surface area contributed by atoms with Crippen molar-refractivity contribution in [3.63, 3.8) is 0 Å². The molecule has 84 valence electrons. The van der Waals surface area contributed by atoms with Crippen molar-refractivity contribution in [1.29, 1.82) is 0 Å². The van der Waals surface area contributed by atoms with Gasteiger partial charge in [0.1, 0.15) is 0 Å². The van der Waals surface area contributed by atoms with Gasteiger partial charge in [-0.1, -0.05) is 13.0 Å². The summed E-state index contributed by atoms with van der Waals surface area (Å²) in [5.41, 5.74) is 0. The number of carboxylic acid groups (broad SMARTS) is 1. The smallest absolute Gasteiger partial charge is 0.321 e. The van der Waals surface area contributed by atoms with Gasteiger partial charge in [0.05, 0.1) is 5.75 Å². The van der Waals surface area contributed by atoms with Crippen molar-refractivity contribution in [2.75, 3.05) is 0 Å². The van der Waals surface area contributed by atoms with E-state index in [4.69, 9.17) is 5.11 Å². The van der Waals surface area contributed by atoms with Gasteiger partial charge < -0.3 is 5.11 Å². The molecular formula is C9H12O4S2. The van der Waals surface area contributed by atoms with Crippen LogP contribution in [0.4, 0.5) is 0 Å². The molecule has 1 aromatic rings.